The molecule has 1 aliphatic heterocycles. The van der Waals surface area contributed by atoms with Crippen molar-refractivity contribution in [3.8, 4) is 0 Å². The molecule has 6 heteroatoms. The Morgan fingerprint density at radius 1 is 1.31 bits per heavy atom. The van der Waals surface area contributed by atoms with Crippen LogP contribution >= 0.6 is 0 Å². The standard InChI is InChI=1S/C10H17NO4S/c1-15-10(12)8-3-2-6-11(7-8)16(13,14)9-4-5-9/h8-9H,2-7H2,1H3. The third kappa shape index (κ3) is 2.22. The van der Waals surface area contributed by atoms with Gasteiger partial charge in [-0.15, -0.1) is 0 Å². The van der Waals surface area contributed by atoms with Gasteiger partial charge in [-0.1, -0.05) is 0 Å². The fraction of sp³-hybridized carbons (Fsp3) is 0.900. The van der Waals surface area contributed by atoms with Gasteiger partial charge in [0.2, 0.25) is 10.0 Å². The minimum Gasteiger partial charge on any atom is -0.469 e. The van der Waals surface area contributed by atoms with Crippen LogP contribution in [-0.2, 0) is 19.6 Å². The Balaban J connectivity index is 2.04. The fourth-order valence-electron chi connectivity index (χ4n) is 2.11. The van der Waals surface area contributed by atoms with Gasteiger partial charge in [0.25, 0.3) is 0 Å². The molecule has 1 aliphatic carbocycles. The second-order valence-corrected chi connectivity index (χ2v) is 6.68. The Morgan fingerprint density at radius 2 is 2.00 bits per heavy atom. The minimum absolute atomic E-state index is 0.191. The smallest absolute Gasteiger partial charge is 0.309 e. The summed E-state index contributed by atoms with van der Waals surface area (Å²) in [7, 11) is -1.79. The van der Waals surface area contributed by atoms with E-state index in [2.05, 4.69) is 4.74 Å². The molecular weight excluding hydrogens is 230 g/mol. The van der Waals surface area contributed by atoms with Gasteiger partial charge < -0.3 is 4.74 Å². The highest BCUT2D eigenvalue weighted by atomic mass is 32.2. The number of hydrogen-bond donors (Lipinski definition) is 0. The van der Waals surface area contributed by atoms with Crippen molar-refractivity contribution in [2.75, 3.05) is 20.2 Å². The number of hydrogen-bond acceptors (Lipinski definition) is 4. The highest BCUT2D eigenvalue weighted by Crippen LogP contribution is 2.33. The van der Waals surface area contributed by atoms with Crippen molar-refractivity contribution in [1.82, 2.24) is 4.31 Å². The van der Waals surface area contributed by atoms with Crippen molar-refractivity contribution in [3.05, 3.63) is 0 Å². The summed E-state index contributed by atoms with van der Waals surface area (Å²) >= 11 is 0. The molecule has 0 aromatic carbocycles. The molecule has 1 atom stereocenters. The van der Waals surface area contributed by atoms with Gasteiger partial charge in [0.1, 0.15) is 0 Å². The molecule has 2 aliphatic rings. The third-order valence-electron chi connectivity index (χ3n) is 3.22. The Kier molecular flexibility index (Phi) is 3.21. The van der Waals surface area contributed by atoms with E-state index in [1.165, 1.54) is 11.4 Å². The van der Waals surface area contributed by atoms with E-state index in [9.17, 15) is 13.2 Å². The van der Waals surface area contributed by atoms with Crippen molar-refractivity contribution in [2.24, 2.45) is 5.92 Å². The van der Waals surface area contributed by atoms with Crippen molar-refractivity contribution in [1.29, 1.82) is 0 Å². The zero-order chi connectivity index (χ0) is 11.8. The topological polar surface area (TPSA) is 63.7 Å². The molecule has 0 radical (unpaired) electrons. The summed E-state index contributed by atoms with van der Waals surface area (Å²) < 4.78 is 30.1. The molecule has 0 amide bonds. The SMILES string of the molecule is COC(=O)C1CCCN(S(=O)(=O)C2CC2)C1. The first-order valence-corrected chi connectivity index (χ1v) is 7.13. The summed E-state index contributed by atoms with van der Waals surface area (Å²) in [6.45, 7) is 0.845. The molecule has 16 heavy (non-hydrogen) atoms. The van der Waals surface area contributed by atoms with Gasteiger partial charge in [0.05, 0.1) is 18.3 Å². The van der Waals surface area contributed by atoms with Gasteiger partial charge in [-0.2, -0.15) is 0 Å². The Bertz CT molecular complexity index is 374. The molecule has 0 aromatic rings. The van der Waals surface area contributed by atoms with Crippen LogP contribution in [0.25, 0.3) is 0 Å². The van der Waals surface area contributed by atoms with E-state index in [4.69, 9.17) is 0 Å². The van der Waals surface area contributed by atoms with Crippen molar-refractivity contribution in [3.63, 3.8) is 0 Å². The van der Waals surface area contributed by atoms with Crippen LogP contribution in [0.1, 0.15) is 25.7 Å². The first-order valence-electron chi connectivity index (χ1n) is 5.62. The predicted octanol–water partition coefficient (Wildman–Crippen LogP) is 0.364. The molecule has 0 aromatic heterocycles. The van der Waals surface area contributed by atoms with Crippen LogP contribution in [0.15, 0.2) is 0 Å². The molecule has 92 valence electrons. The number of nitrogens with zero attached hydrogens (tertiary/aromatic N) is 1. The van der Waals surface area contributed by atoms with Crippen LogP contribution in [0.4, 0.5) is 0 Å². The Morgan fingerprint density at radius 3 is 2.56 bits per heavy atom. The largest absolute Gasteiger partial charge is 0.469 e. The summed E-state index contributed by atoms with van der Waals surface area (Å²) in [5.41, 5.74) is 0. The summed E-state index contributed by atoms with van der Waals surface area (Å²) in [6, 6.07) is 0. The van der Waals surface area contributed by atoms with Gasteiger partial charge in [0, 0.05) is 13.1 Å². The summed E-state index contributed by atoms with van der Waals surface area (Å²) in [6.07, 6.45) is 3.00. The Hall–Kier alpha value is -0.620. The minimum atomic E-state index is -3.14. The first-order chi connectivity index (χ1) is 7.55. The first kappa shape index (κ1) is 11.9. The number of carbonyl (C=O) groups is 1. The molecule has 5 nitrogen and oxygen atoms in total. The molecule has 2 fully saturated rings. The predicted molar refractivity (Wildman–Crippen MR) is 58.3 cm³/mol. The maximum absolute atomic E-state index is 12.0. The highest BCUT2D eigenvalue weighted by molar-refractivity contribution is 7.90. The van der Waals surface area contributed by atoms with Gasteiger partial charge in [0.15, 0.2) is 0 Å². The average molecular weight is 247 g/mol. The van der Waals surface area contributed by atoms with Crippen LogP contribution in [-0.4, -0.2) is 44.1 Å². The van der Waals surface area contributed by atoms with E-state index in [0.717, 1.165) is 25.7 Å². The molecule has 0 bridgehead atoms. The number of rotatable bonds is 3. The van der Waals surface area contributed by atoms with E-state index >= 15 is 0 Å². The second-order valence-electron chi connectivity index (χ2n) is 4.46. The number of ether oxygens (including phenoxy) is 1. The molecular formula is C10H17NO4S. The van der Waals surface area contributed by atoms with Crippen molar-refractivity contribution < 1.29 is 17.9 Å². The lowest BCUT2D eigenvalue weighted by molar-refractivity contribution is -0.146. The van der Waals surface area contributed by atoms with E-state index in [1.807, 2.05) is 0 Å². The van der Waals surface area contributed by atoms with Crippen molar-refractivity contribution >= 4 is 16.0 Å². The van der Waals surface area contributed by atoms with Gasteiger partial charge in [-0.25, -0.2) is 12.7 Å². The van der Waals surface area contributed by atoms with Crippen LogP contribution in [0.2, 0.25) is 0 Å². The fourth-order valence-corrected chi connectivity index (χ4v) is 4.03. The van der Waals surface area contributed by atoms with Gasteiger partial charge in [-0.05, 0) is 25.7 Å². The number of carbonyl (C=O) groups excluding carboxylic acids is 1. The van der Waals surface area contributed by atoms with Gasteiger partial charge >= 0.3 is 5.97 Å². The summed E-state index contributed by atoms with van der Waals surface area (Å²) in [4.78, 5) is 11.4. The lowest BCUT2D eigenvalue weighted by atomic mass is 10.0. The van der Waals surface area contributed by atoms with E-state index in [0.29, 0.717) is 13.1 Å². The van der Waals surface area contributed by atoms with E-state index in [1.54, 1.807) is 0 Å². The molecule has 0 spiro atoms. The van der Waals surface area contributed by atoms with E-state index < -0.39 is 10.0 Å². The quantitative estimate of drug-likeness (QED) is 0.676. The number of esters is 1. The van der Waals surface area contributed by atoms with E-state index in [-0.39, 0.29) is 17.1 Å². The second kappa shape index (κ2) is 4.33. The zero-order valence-electron chi connectivity index (χ0n) is 9.39. The third-order valence-corrected chi connectivity index (χ3v) is 5.59. The van der Waals surface area contributed by atoms with Crippen LogP contribution in [0, 0.1) is 5.92 Å². The normalized spacial score (nSPS) is 27.7. The molecule has 2 rings (SSSR count). The molecule has 1 saturated heterocycles. The zero-order valence-corrected chi connectivity index (χ0v) is 10.2. The summed E-state index contributed by atoms with van der Waals surface area (Å²) in [5.74, 6) is -0.581. The van der Waals surface area contributed by atoms with Crippen molar-refractivity contribution in [2.45, 2.75) is 30.9 Å². The van der Waals surface area contributed by atoms with Crippen LogP contribution in [0.5, 0.6) is 0 Å². The number of methoxy groups -OCH3 is 1. The lowest BCUT2D eigenvalue weighted by Crippen LogP contribution is -2.43. The van der Waals surface area contributed by atoms with Crippen LogP contribution in [0.3, 0.4) is 0 Å². The maximum Gasteiger partial charge on any atom is 0.309 e. The number of piperidine rings is 1. The molecule has 1 unspecified atom stereocenters. The number of sulfonamides is 1. The lowest BCUT2D eigenvalue weighted by Gasteiger charge is -2.30. The van der Waals surface area contributed by atoms with Gasteiger partial charge in [-0.3, -0.25) is 4.79 Å². The average Bonchev–Trinajstić information content (AvgIpc) is 3.12. The summed E-state index contributed by atoms with van der Waals surface area (Å²) in [5, 5.41) is -0.191. The van der Waals surface area contributed by atoms with Crippen LogP contribution < -0.4 is 0 Å². The Labute approximate surface area is 95.8 Å². The molecule has 1 heterocycles. The highest BCUT2D eigenvalue weighted by Gasteiger charge is 2.42. The molecule has 1 saturated carbocycles. The molecule has 0 N–H and O–H groups in total. The maximum atomic E-state index is 12.0. The monoisotopic (exact) mass is 247 g/mol.